The number of nitrogens with zero attached hydrogens (tertiary/aromatic N) is 1. The van der Waals surface area contributed by atoms with E-state index in [1.165, 1.54) is 29.5 Å². The number of aromatic nitrogens is 1. The van der Waals surface area contributed by atoms with Crippen molar-refractivity contribution < 1.29 is 4.79 Å². The normalized spacial score (nSPS) is 16.9. The second kappa shape index (κ2) is 8.74. The number of hydrogen-bond acceptors (Lipinski definition) is 2. The van der Waals surface area contributed by atoms with Crippen molar-refractivity contribution in [3.63, 3.8) is 0 Å². The molecule has 3 rings (SSSR count). The summed E-state index contributed by atoms with van der Waals surface area (Å²) in [4.78, 5) is 16.9. The molecule has 0 bridgehead atoms. The molecule has 1 N–H and O–H groups in total. The molecule has 2 aromatic rings. The number of fused-ring (bicyclic) bond motifs is 1. The highest BCUT2D eigenvalue weighted by atomic mass is 32.1. The SMILES string of the molecule is CC(C)(C)c1ccc(C(=O)NCCc2ccc3c(c2)C(C)(C)CCC3(C)C)cn1.S. The Labute approximate surface area is 189 Å². The summed E-state index contributed by atoms with van der Waals surface area (Å²) < 4.78 is 0. The minimum Gasteiger partial charge on any atom is -0.352 e. The maximum Gasteiger partial charge on any atom is 0.252 e. The first kappa shape index (κ1) is 24.5. The van der Waals surface area contributed by atoms with Gasteiger partial charge in [-0.05, 0) is 58.9 Å². The molecule has 1 aliphatic rings. The fourth-order valence-corrected chi connectivity index (χ4v) is 4.19. The fourth-order valence-electron chi connectivity index (χ4n) is 4.19. The van der Waals surface area contributed by atoms with E-state index in [1.54, 1.807) is 6.20 Å². The molecule has 0 saturated heterocycles. The van der Waals surface area contributed by atoms with Crippen molar-refractivity contribution >= 4 is 19.4 Å². The highest BCUT2D eigenvalue weighted by molar-refractivity contribution is 7.59. The van der Waals surface area contributed by atoms with Gasteiger partial charge in [0, 0.05) is 23.9 Å². The van der Waals surface area contributed by atoms with Crippen molar-refractivity contribution in [2.75, 3.05) is 6.54 Å². The molecule has 1 aromatic carbocycles. The van der Waals surface area contributed by atoms with Gasteiger partial charge in [0.1, 0.15) is 0 Å². The first-order chi connectivity index (χ1) is 13.4. The Balaban J connectivity index is 0.00000320. The van der Waals surface area contributed by atoms with Gasteiger partial charge in [-0.25, -0.2) is 0 Å². The molecule has 0 atom stereocenters. The number of pyridine rings is 1. The molecule has 0 radical (unpaired) electrons. The fraction of sp³-hybridized carbons (Fsp3) is 0.538. The molecule has 3 nitrogen and oxygen atoms in total. The zero-order chi connectivity index (χ0) is 21.4. The minimum atomic E-state index is -0.0580. The van der Waals surface area contributed by atoms with Crippen molar-refractivity contribution in [1.29, 1.82) is 0 Å². The zero-order valence-electron chi connectivity index (χ0n) is 19.6. The molecule has 0 spiro atoms. The van der Waals surface area contributed by atoms with Crippen LogP contribution in [-0.4, -0.2) is 17.4 Å². The van der Waals surface area contributed by atoms with Crippen LogP contribution < -0.4 is 5.32 Å². The predicted molar refractivity (Wildman–Crippen MR) is 131 cm³/mol. The third-order valence-corrected chi connectivity index (χ3v) is 6.41. The van der Waals surface area contributed by atoms with Gasteiger partial charge in [-0.1, -0.05) is 66.7 Å². The molecule has 1 amide bonds. The van der Waals surface area contributed by atoms with Gasteiger partial charge >= 0.3 is 0 Å². The monoisotopic (exact) mass is 426 g/mol. The van der Waals surface area contributed by atoms with Crippen molar-refractivity contribution in [2.24, 2.45) is 0 Å². The Morgan fingerprint density at radius 2 is 1.63 bits per heavy atom. The van der Waals surface area contributed by atoms with Gasteiger partial charge in [0.2, 0.25) is 0 Å². The molecular weight excluding hydrogens is 388 g/mol. The third kappa shape index (κ3) is 5.26. The number of hydrogen-bond donors (Lipinski definition) is 1. The van der Waals surface area contributed by atoms with Gasteiger partial charge in [0.05, 0.1) is 5.56 Å². The second-order valence-electron chi connectivity index (χ2n) is 10.8. The van der Waals surface area contributed by atoms with Gasteiger partial charge in [-0.15, -0.1) is 0 Å². The summed E-state index contributed by atoms with van der Waals surface area (Å²) in [6, 6.07) is 10.7. The summed E-state index contributed by atoms with van der Waals surface area (Å²) in [5, 5.41) is 3.04. The molecule has 0 saturated carbocycles. The molecule has 1 heterocycles. The molecule has 164 valence electrons. The number of rotatable bonds is 4. The van der Waals surface area contributed by atoms with Crippen molar-refractivity contribution in [3.05, 3.63) is 64.5 Å². The molecular formula is C26H38N2OS. The number of amides is 1. The smallest absolute Gasteiger partial charge is 0.252 e. The molecule has 0 unspecified atom stereocenters. The first-order valence-electron chi connectivity index (χ1n) is 10.8. The van der Waals surface area contributed by atoms with Crippen molar-refractivity contribution in [2.45, 2.75) is 84.0 Å². The standard InChI is InChI=1S/C26H36N2O.H2S/c1-24(2,3)22-11-9-19(17-28-22)23(29)27-15-12-18-8-10-20-21(16-18)26(6,7)14-13-25(20,4)5;/h8-11,16-17H,12-15H2,1-7H3,(H,27,29);1H2. The van der Waals surface area contributed by atoms with E-state index in [4.69, 9.17) is 0 Å². The van der Waals surface area contributed by atoms with E-state index < -0.39 is 0 Å². The molecule has 4 heteroatoms. The van der Waals surface area contributed by atoms with Crippen LogP contribution in [0.5, 0.6) is 0 Å². The van der Waals surface area contributed by atoms with E-state index in [0.29, 0.717) is 12.1 Å². The third-order valence-electron chi connectivity index (χ3n) is 6.41. The van der Waals surface area contributed by atoms with Gasteiger partial charge in [0.25, 0.3) is 5.91 Å². The average Bonchev–Trinajstić information content (AvgIpc) is 2.65. The summed E-state index contributed by atoms with van der Waals surface area (Å²) in [7, 11) is 0. The molecule has 1 aliphatic carbocycles. The number of carbonyl (C=O) groups is 1. The highest BCUT2D eigenvalue weighted by Crippen LogP contribution is 2.45. The minimum absolute atomic E-state index is 0. The Kier molecular flexibility index (Phi) is 7.13. The van der Waals surface area contributed by atoms with Gasteiger partial charge in [-0.2, -0.15) is 13.5 Å². The van der Waals surface area contributed by atoms with Crippen LogP contribution in [0.3, 0.4) is 0 Å². The van der Waals surface area contributed by atoms with E-state index in [-0.39, 0.29) is 35.6 Å². The molecule has 0 aliphatic heterocycles. The van der Waals surface area contributed by atoms with Crippen LogP contribution in [0, 0.1) is 0 Å². The van der Waals surface area contributed by atoms with Gasteiger partial charge in [0.15, 0.2) is 0 Å². The van der Waals surface area contributed by atoms with E-state index >= 15 is 0 Å². The lowest BCUT2D eigenvalue weighted by molar-refractivity contribution is 0.0953. The summed E-state index contributed by atoms with van der Waals surface area (Å²) in [5.74, 6) is -0.0580. The van der Waals surface area contributed by atoms with Crippen LogP contribution in [0.1, 0.15) is 94.1 Å². The topological polar surface area (TPSA) is 42.0 Å². The predicted octanol–water partition coefficient (Wildman–Crippen LogP) is 5.81. The Morgan fingerprint density at radius 3 is 2.20 bits per heavy atom. The van der Waals surface area contributed by atoms with Crippen molar-refractivity contribution in [1.82, 2.24) is 10.3 Å². The maximum absolute atomic E-state index is 12.5. The molecule has 1 aromatic heterocycles. The Bertz CT molecular complexity index is 892. The summed E-state index contributed by atoms with van der Waals surface area (Å²) >= 11 is 0. The summed E-state index contributed by atoms with van der Waals surface area (Å²) in [6.45, 7) is 16.4. The zero-order valence-corrected chi connectivity index (χ0v) is 20.6. The van der Waals surface area contributed by atoms with Crippen molar-refractivity contribution in [3.8, 4) is 0 Å². The lowest BCUT2D eigenvalue weighted by atomic mass is 9.63. The van der Waals surface area contributed by atoms with Crippen LogP contribution in [-0.2, 0) is 22.7 Å². The number of carbonyl (C=O) groups excluding carboxylic acids is 1. The van der Waals surface area contributed by atoms with Crippen LogP contribution in [0.15, 0.2) is 36.5 Å². The Hall–Kier alpha value is -1.81. The van der Waals surface area contributed by atoms with E-state index in [0.717, 1.165) is 12.1 Å². The van der Waals surface area contributed by atoms with Crippen LogP contribution in [0.4, 0.5) is 0 Å². The summed E-state index contributed by atoms with van der Waals surface area (Å²) in [6.07, 6.45) is 4.96. The lowest BCUT2D eigenvalue weighted by Gasteiger charge is -2.42. The second-order valence-corrected chi connectivity index (χ2v) is 10.8. The van der Waals surface area contributed by atoms with Gasteiger partial charge < -0.3 is 5.32 Å². The van der Waals surface area contributed by atoms with E-state index in [9.17, 15) is 4.79 Å². The van der Waals surface area contributed by atoms with Gasteiger partial charge in [-0.3, -0.25) is 9.78 Å². The molecule has 30 heavy (non-hydrogen) atoms. The Morgan fingerprint density at radius 1 is 1.00 bits per heavy atom. The number of nitrogens with one attached hydrogen (secondary N) is 1. The number of benzene rings is 1. The van der Waals surface area contributed by atoms with E-state index in [2.05, 4.69) is 77.0 Å². The maximum atomic E-state index is 12.5. The van der Waals surface area contributed by atoms with Crippen LogP contribution in [0.25, 0.3) is 0 Å². The summed E-state index contributed by atoms with van der Waals surface area (Å²) in [5.41, 5.74) is 6.29. The average molecular weight is 427 g/mol. The largest absolute Gasteiger partial charge is 0.352 e. The quantitative estimate of drug-likeness (QED) is 0.670. The highest BCUT2D eigenvalue weighted by Gasteiger charge is 2.36. The molecule has 0 fully saturated rings. The lowest BCUT2D eigenvalue weighted by Crippen LogP contribution is -2.34. The van der Waals surface area contributed by atoms with Crippen LogP contribution >= 0.6 is 13.5 Å². The van der Waals surface area contributed by atoms with E-state index in [1.807, 2.05) is 12.1 Å². The van der Waals surface area contributed by atoms with Crippen LogP contribution in [0.2, 0.25) is 0 Å². The first-order valence-corrected chi connectivity index (χ1v) is 10.8.